The molecule has 0 spiro atoms. The van der Waals surface area contributed by atoms with Crippen LogP contribution in [0.15, 0.2) is 0 Å². The molecule has 0 aromatic rings. The van der Waals surface area contributed by atoms with E-state index >= 15 is 0 Å². The van der Waals surface area contributed by atoms with Gasteiger partial charge < -0.3 is 5.73 Å². The molecule has 0 aromatic carbocycles. The highest BCUT2D eigenvalue weighted by Gasteiger charge is 2.45. The van der Waals surface area contributed by atoms with Crippen LogP contribution in [0.2, 0.25) is 0 Å². The molecule has 0 fully saturated rings. The molecule has 1 nitrogen and oxygen atoms in total. The fraction of sp³-hybridized carbons (Fsp3) is 1.00. The zero-order chi connectivity index (χ0) is 8.36. The second-order valence-corrected chi connectivity index (χ2v) is 2.11. The lowest BCUT2D eigenvalue weighted by atomic mass is 10.1. The summed E-state index contributed by atoms with van der Waals surface area (Å²) in [6.07, 6.45) is -3.62. The molecule has 0 rings (SSSR count). The van der Waals surface area contributed by atoms with E-state index in [1.165, 1.54) is 0 Å². The van der Waals surface area contributed by atoms with Crippen molar-refractivity contribution in [2.75, 3.05) is 6.54 Å². The molecule has 0 heterocycles. The van der Waals surface area contributed by atoms with E-state index in [2.05, 4.69) is 0 Å². The topological polar surface area (TPSA) is 26.0 Å². The molecule has 0 aromatic heterocycles. The Labute approximate surface area is 56.2 Å². The summed E-state index contributed by atoms with van der Waals surface area (Å²) < 4.78 is 47.1. The van der Waals surface area contributed by atoms with Crippen molar-refractivity contribution in [2.24, 2.45) is 11.7 Å². The molecule has 0 aliphatic rings. The predicted molar refractivity (Wildman–Crippen MR) is 29.2 cm³/mol. The summed E-state index contributed by atoms with van der Waals surface area (Å²) in [5.74, 6) is -5.41. The Morgan fingerprint density at radius 1 is 1.40 bits per heavy atom. The van der Waals surface area contributed by atoms with E-state index in [-0.39, 0.29) is 0 Å². The van der Waals surface area contributed by atoms with Gasteiger partial charge in [0.05, 0.1) is 0 Å². The van der Waals surface area contributed by atoms with Crippen molar-refractivity contribution >= 4 is 0 Å². The molecule has 0 aliphatic carbocycles. The van der Waals surface area contributed by atoms with Gasteiger partial charge in [0.25, 0.3) is 0 Å². The molecule has 2 N–H and O–H groups in total. The average molecular weight is 159 g/mol. The lowest BCUT2D eigenvalue weighted by molar-refractivity contribution is -0.158. The van der Waals surface area contributed by atoms with Crippen molar-refractivity contribution in [3.63, 3.8) is 0 Å². The van der Waals surface area contributed by atoms with Crippen LogP contribution in [0, 0.1) is 5.92 Å². The molecule has 0 unspecified atom stereocenters. The Hall–Kier alpha value is -0.320. The van der Waals surface area contributed by atoms with Crippen LogP contribution < -0.4 is 5.73 Å². The van der Waals surface area contributed by atoms with E-state index in [1.807, 2.05) is 0 Å². The predicted octanol–water partition coefficient (Wildman–Crippen LogP) is 1.48. The minimum absolute atomic E-state index is 0.433. The maximum atomic E-state index is 12.1. The molecule has 0 saturated heterocycles. The van der Waals surface area contributed by atoms with Crippen molar-refractivity contribution in [1.82, 2.24) is 0 Å². The second-order valence-electron chi connectivity index (χ2n) is 2.11. The third kappa shape index (κ3) is 1.83. The summed E-state index contributed by atoms with van der Waals surface area (Å²) >= 11 is 0. The molecule has 0 aliphatic heterocycles. The van der Waals surface area contributed by atoms with Crippen molar-refractivity contribution in [3.05, 3.63) is 0 Å². The van der Waals surface area contributed by atoms with Gasteiger partial charge in [-0.05, 0) is 0 Å². The number of hydrogen-bond donors (Lipinski definition) is 1. The van der Waals surface area contributed by atoms with Gasteiger partial charge in [0.15, 0.2) is 0 Å². The maximum absolute atomic E-state index is 12.1. The van der Waals surface area contributed by atoms with Gasteiger partial charge in [-0.1, -0.05) is 6.92 Å². The van der Waals surface area contributed by atoms with E-state index in [0.29, 0.717) is 0 Å². The van der Waals surface area contributed by atoms with Gasteiger partial charge in [-0.15, -0.1) is 0 Å². The minimum atomic E-state index is -3.95. The largest absolute Gasteiger partial charge is 0.330 e. The van der Waals surface area contributed by atoms with Gasteiger partial charge in [-0.25, -0.2) is 8.78 Å². The second kappa shape index (κ2) is 3.18. The van der Waals surface area contributed by atoms with Crippen molar-refractivity contribution in [3.8, 4) is 0 Å². The van der Waals surface area contributed by atoms with Gasteiger partial charge in [0.2, 0.25) is 0 Å². The molecule has 5 heteroatoms. The zero-order valence-electron chi connectivity index (χ0n) is 5.45. The number of alkyl halides is 4. The normalized spacial score (nSPS) is 15.9. The number of rotatable bonds is 3. The molecular weight excluding hydrogens is 150 g/mol. The summed E-state index contributed by atoms with van der Waals surface area (Å²) in [6.45, 7) is 0.559. The van der Waals surface area contributed by atoms with Gasteiger partial charge in [0.1, 0.15) is 0 Å². The quantitative estimate of drug-likeness (QED) is 0.620. The van der Waals surface area contributed by atoms with Crippen LogP contribution in [-0.4, -0.2) is 18.9 Å². The van der Waals surface area contributed by atoms with E-state index in [4.69, 9.17) is 5.73 Å². The summed E-state index contributed by atoms with van der Waals surface area (Å²) in [4.78, 5) is 0. The van der Waals surface area contributed by atoms with Gasteiger partial charge >= 0.3 is 12.3 Å². The first-order chi connectivity index (χ1) is 4.42. The summed E-state index contributed by atoms with van der Waals surface area (Å²) in [5.41, 5.74) is 4.78. The van der Waals surface area contributed by atoms with E-state index in [0.717, 1.165) is 6.92 Å². The summed E-state index contributed by atoms with van der Waals surface area (Å²) in [6, 6.07) is 0. The molecule has 1 atom stereocenters. The highest BCUT2D eigenvalue weighted by Crippen LogP contribution is 2.30. The van der Waals surface area contributed by atoms with Crippen LogP contribution in [0.5, 0.6) is 0 Å². The van der Waals surface area contributed by atoms with E-state index in [1.54, 1.807) is 0 Å². The van der Waals surface area contributed by atoms with Gasteiger partial charge in [-0.3, -0.25) is 0 Å². The third-order valence-corrected chi connectivity index (χ3v) is 1.30. The lowest BCUT2D eigenvalue weighted by Crippen LogP contribution is -2.38. The summed E-state index contributed by atoms with van der Waals surface area (Å²) in [5, 5.41) is 0. The minimum Gasteiger partial charge on any atom is -0.330 e. The Morgan fingerprint density at radius 2 is 1.80 bits per heavy atom. The molecule has 62 valence electrons. The highest BCUT2D eigenvalue weighted by atomic mass is 19.3. The lowest BCUT2D eigenvalue weighted by Gasteiger charge is -2.20. The van der Waals surface area contributed by atoms with Crippen LogP contribution >= 0.6 is 0 Å². The molecule has 10 heavy (non-hydrogen) atoms. The van der Waals surface area contributed by atoms with Crippen LogP contribution in [0.1, 0.15) is 6.92 Å². The molecule has 0 saturated carbocycles. The van der Waals surface area contributed by atoms with Crippen LogP contribution in [0.25, 0.3) is 0 Å². The molecule has 0 radical (unpaired) electrons. The van der Waals surface area contributed by atoms with Gasteiger partial charge in [0, 0.05) is 12.5 Å². The van der Waals surface area contributed by atoms with Crippen molar-refractivity contribution < 1.29 is 17.6 Å². The Balaban J connectivity index is 4.09. The van der Waals surface area contributed by atoms with Crippen molar-refractivity contribution in [2.45, 2.75) is 19.3 Å². The summed E-state index contributed by atoms with van der Waals surface area (Å²) in [7, 11) is 0. The fourth-order valence-electron chi connectivity index (χ4n) is 0.372. The van der Waals surface area contributed by atoms with Crippen LogP contribution in [-0.2, 0) is 0 Å². The monoisotopic (exact) mass is 159 g/mol. The molecule has 0 bridgehead atoms. The standard InChI is InChI=1S/C5H9F4N/c1-3(2-10)5(8,9)4(6)7/h3-4H,2,10H2,1H3/t3-/m1/s1. The van der Waals surface area contributed by atoms with Crippen molar-refractivity contribution in [1.29, 1.82) is 0 Å². The number of nitrogens with two attached hydrogens (primary N) is 1. The SMILES string of the molecule is C[C@H](CN)C(F)(F)C(F)F. The van der Waals surface area contributed by atoms with Crippen LogP contribution in [0.3, 0.4) is 0 Å². The van der Waals surface area contributed by atoms with E-state index < -0.39 is 24.8 Å². The maximum Gasteiger partial charge on any atom is 0.311 e. The Morgan fingerprint density at radius 3 is 1.90 bits per heavy atom. The fourth-order valence-corrected chi connectivity index (χ4v) is 0.372. The molecule has 0 amide bonds. The number of hydrogen-bond acceptors (Lipinski definition) is 1. The average Bonchev–Trinajstić information content (AvgIpc) is 1.86. The first-order valence-corrected chi connectivity index (χ1v) is 2.79. The first kappa shape index (κ1) is 9.68. The first-order valence-electron chi connectivity index (χ1n) is 2.79. The Kier molecular flexibility index (Phi) is 3.08. The Bertz CT molecular complexity index is 104. The molecular formula is C5H9F4N. The smallest absolute Gasteiger partial charge is 0.311 e. The third-order valence-electron chi connectivity index (χ3n) is 1.30. The zero-order valence-corrected chi connectivity index (χ0v) is 5.45. The van der Waals surface area contributed by atoms with E-state index in [9.17, 15) is 17.6 Å². The van der Waals surface area contributed by atoms with Gasteiger partial charge in [-0.2, -0.15) is 8.78 Å². The highest BCUT2D eigenvalue weighted by molar-refractivity contribution is 4.76. The number of halogens is 4. The van der Waals surface area contributed by atoms with Crippen LogP contribution in [0.4, 0.5) is 17.6 Å².